The molecule has 0 unspecified atom stereocenters. The van der Waals surface area contributed by atoms with Gasteiger partial charge in [0.25, 0.3) is 0 Å². The van der Waals surface area contributed by atoms with Crippen LogP contribution in [0, 0.1) is 0 Å². The van der Waals surface area contributed by atoms with Crippen molar-refractivity contribution in [2.24, 2.45) is 5.73 Å². The number of rotatable bonds is 1. The molecule has 0 atom stereocenters. The molecule has 0 aliphatic carbocycles. The van der Waals surface area contributed by atoms with E-state index in [9.17, 15) is 0 Å². The van der Waals surface area contributed by atoms with Crippen LogP contribution in [0.5, 0.6) is 0 Å². The van der Waals surface area contributed by atoms with Gasteiger partial charge in [-0.05, 0) is 12.1 Å². The fourth-order valence-corrected chi connectivity index (χ4v) is 0.403. The van der Waals surface area contributed by atoms with Crippen molar-refractivity contribution in [2.75, 3.05) is 0 Å². The molecule has 0 aromatic carbocycles. The third-order valence-corrected chi connectivity index (χ3v) is 0.736. The number of aliphatic hydroxyl groups excluding tert-OH is 1. The van der Waals surface area contributed by atoms with Crippen LogP contribution in [0.2, 0.25) is 0 Å². The van der Waals surface area contributed by atoms with Crippen LogP contribution >= 0.6 is 0 Å². The topological polar surface area (TPSA) is 76.5 Å². The van der Waals surface area contributed by atoms with E-state index >= 15 is 0 Å². The maximum atomic E-state index is 8.58. The van der Waals surface area contributed by atoms with Crippen molar-refractivity contribution in [1.82, 2.24) is 0 Å². The van der Waals surface area contributed by atoms with Gasteiger partial charge in [-0.15, -0.1) is 0 Å². The molecule has 0 fully saturated rings. The molecule has 0 saturated heterocycles. The van der Waals surface area contributed by atoms with Crippen LogP contribution in [-0.4, -0.2) is 11.5 Å². The Balaban J connectivity index is 0.000000236. The lowest BCUT2D eigenvalue weighted by molar-refractivity contribution is -0.106. The Hall–Kier alpha value is -1.29. The van der Waals surface area contributed by atoms with Crippen molar-refractivity contribution in [1.29, 1.82) is 0 Å². The van der Waals surface area contributed by atoms with Gasteiger partial charge >= 0.3 is 0 Å². The monoisotopic (exact) mass is 143 g/mol. The van der Waals surface area contributed by atoms with Gasteiger partial charge in [-0.3, -0.25) is 4.79 Å². The summed E-state index contributed by atoms with van der Waals surface area (Å²) in [6, 6.07) is 3.46. The highest BCUT2D eigenvalue weighted by Crippen LogP contribution is 1.96. The Morgan fingerprint density at radius 2 is 2.40 bits per heavy atom. The number of furan rings is 1. The van der Waals surface area contributed by atoms with Gasteiger partial charge in [0.15, 0.2) is 0 Å². The van der Waals surface area contributed by atoms with Crippen LogP contribution in [0.4, 0.5) is 0 Å². The molecule has 4 heteroatoms. The second-order valence-corrected chi connectivity index (χ2v) is 1.37. The van der Waals surface area contributed by atoms with E-state index in [2.05, 4.69) is 5.73 Å². The summed E-state index contributed by atoms with van der Waals surface area (Å²) in [5.41, 5.74) is 4.17. The predicted molar refractivity (Wildman–Crippen MR) is 34.9 cm³/mol. The Bertz CT molecular complexity index is 160. The molecular formula is C6H9NO3. The first-order valence-corrected chi connectivity index (χ1v) is 2.63. The van der Waals surface area contributed by atoms with Gasteiger partial charge in [-0.25, -0.2) is 0 Å². The minimum Gasteiger partial charge on any atom is -0.467 e. The summed E-state index contributed by atoms with van der Waals surface area (Å²) < 4.78 is 4.73. The lowest BCUT2D eigenvalue weighted by Gasteiger charge is -1.79. The third kappa shape index (κ3) is 3.68. The molecule has 1 heterocycles. The minimum atomic E-state index is -0.00694. The second-order valence-electron chi connectivity index (χ2n) is 1.37. The van der Waals surface area contributed by atoms with Gasteiger partial charge in [0.2, 0.25) is 6.41 Å². The fraction of sp³-hybridized carbons (Fsp3) is 0.167. The SMILES string of the molecule is NC=O.OCc1ccco1. The minimum absolute atomic E-state index is 0.00694. The highest BCUT2D eigenvalue weighted by Gasteiger charge is 1.85. The first-order valence-electron chi connectivity index (χ1n) is 2.63. The smallest absolute Gasteiger partial charge is 0.204 e. The van der Waals surface area contributed by atoms with E-state index in [0.717, 1.165) is 0 Å². The first kappa shape index (κ1) is 8.71. The van der Waals surface area contributed by atoms with Crippen molar-refractivity contribution in [2.45, 2.75) is 6.61 Å². The first-order chi connectivity index (χ1) is 4.85. The van der Waals surface area contributed by atoms with Crippen molar-refractivity contribution in [3.8, 4) is 0 Å². The molecule has 56 valence electrons. The van der Waals surface area contributed by atoms with Crippen molar-refractivity contribution in [3.05, 3.63) is 24.2 Å². The van der Waals surface area contributed by atoms with Crippen molar-refractivity contribution in [3.63, 3.8) is 0 Å². The molecular weight excluding hydrogens is 134 g/mol. The Labute approximate surface area is 58.3 Å². The van der Waals surface area contributed by atoms with Crippen molar-refractivity contribution >= 4 is 6.41 Å². The predicted octanol–water partition coefficient (Wildman–Crippen LogP) is -0.127. The van der Waals surface area contributed by atoms with E-state index in [1.165, 1.54) is 6.26 Å². The Morgan fingerprint density at radius 3 is 2.60 bits per heavy atom. The number of amides is 1. The van der Waals surface area contributed by atoms with Crippen LogP contribution in [0.1, 0.15) is 5.76 Å². The summed E-state index contributed by atoms with van der Waals surface area (Å²) in [7, 11) is 0. The summed E-state index contributed by atoms with van der Waals surface area (Å²) >= 11 is 0. The highest BCUT2D eigenvalue weighted by atomic mass is 16.4. The molecule has 0 aliphatic heterocycles. The lowest BCUT2D eigenvalue weighted by atomic mass is 10.5. The van der Waals surface area contributed by atoms with Gasteiger partial charge in [0, 0.05) is 0 Å². The Morgan fingerprint density at radius 1 is 1.80 bits per heavy atom. The summed E-state index contributed by atoms with van der Waals surface area (Å²) in [5, 5.41) is 8.33. The second kappa shape index (κ2) is 5.84. The quantitative estimate of drug-likeness (QED) is 0.538. The molecule has 0 radical (unpaired) electrons. The normalized spacial score (nSPS) is 7.70. The standard InChI is InChI=1S/C5H6O2.CH3NO/c6-4-5-2-1-3-7-5;2-1-3/h1-3,6H,4H2;1H,(H2,2,3). The summed E-state index contributed by atoms with van der Waals surface area (Å²) in [4.78, 5) is 8.58. The maximum absolute atomic E-state index is 8.58. The Kier molecular flexibility index (Phi) is 5.09. The van der Waals surface area contributed by atoms with Gasteiger partial charge in [0.1, 0.15) is 12.4 Å². The maximum Gasteiger partial charge on any atom is 0.204 e. The number of hydrogen-bond acceptors (Lipinski definition) is 3. The van der Waals surface area contributed by atoms with Crippen molar-refractivity contribution < 1.29 is 14.3 Å². The van der Waals surface area contributed by atoms with Crippen LogP contribution in [0.15, 0.2) is 22.8 Å². The molecule has 1 aromatic heterocycles. The number of primary amides is 1. The molecule has 1 rings (SSSR count). The zero-order valence-electron chi connectivity index (χ0n) is 5.36. The highest BCUT2D eigenvalue weighted by molar-refractivity contribution is 5.42. The van der Waals surface area contributed by atoms with E-state index in [0.29, 0.717) is 5.76 Å². The molecule has 0 aliphatic rings. The zero-order chi connectivity index (χ0) is 7.82. The van der Waals surface area contributed by atoms with Crippen LogP contribution in [0.25, 0.3) is 0 Å². The van der Waals surface area contributed by atoms with Gasteiger partial charge in [0.05, 0.1) is 6.26 Å². The van der Waals surface area contributed by atoms with E-state index < -0.39 is 0 Å². The number of nitrogens with two attached hydrogens (primary N) is 1. The van der Waals surface area contributed by atoms with Crippen LogP contribution in [0.3, 0.4) is 0 Å². The van der Waals surface area contributed by atoms with Gasteiger partial charge < -0.3 is 15.3 Å². The summed E-state index contributed by atoms with van der Waals surface area (Å²) in [6.45, 7) is -0.00694. The number of carbonyl (C=O) groups is 1. The average Bonchev–Trinajstić information content (AvgIpc) is 2.39. The largest absolute Gasteiger partial charge is 0.467 e. The van der Waals surface area contributed by atoms with Gasteiger partial charge in [-0.2, -0.15) is 0 Å². The van der Waals surface area contributed by atoms with E-state index in [1.807, 2.05) is 0 Å². The van der Waals surface area contributed by atoms with E-state index in [1.54, 1.807) is 12.1 Å². The van der Waals surface area contributed by atoms with Gasteiger partial charge in [-0.1, -0.05) is 0 Å². The molecule has 3 N–H and O–H groups in total. The number of carbonyl (C=O) groups excluding carboxylic acids is 1. The van der Waals surface area contributed by atoms with E-state index in [4.69, 9.17) is 14.3 Å². The number of aliphatic hydroxyl groups is 1. The van der Waals surface area contributed by atoms with E-state index in [-0.39, 0.29) is 13.0 Å². The third-order valence-electron chi connectivity index (χ3n) is 0.736. The van der Waals surface area contributed by atoms with Crippen LogP contribution < -0.4 is 5.73 Å². The molecule has 1 amide bonds. The molecule has 0 bridgehead atoms. The summed E-state index contributed by atoms with van der Waals surface area (Å²) in [6.07, 6.45) is 1.78. The molecule has 10 heavy (non-hydrogen) atoms. The fourth-order valence-electron chi connectivity index (χ4n) is 0.403. The molecule has 1 aromatic rings. The zero-order valence-corrected chi connectivity index (χ0v) is 5.36. The van der Waals surface area contributed by atoms with Crippen LogP contribution in [-0.2, 0) is 11.4 Å². The number of hydrogen-bond donors (Lipinski definition) is 2. The lowest BCUT2D eigenvalue weighted by Crippen LogP contribution is -1.82. The molecule has 0 spiro atoms. The molecule has 0 saturated carbocycles. The average molecular weight is 143 g/mol. The summed E-state index contributed by atoms with van der Waals surface area (Å²) in [5.74, 6) is 0.611. The molecule has 4 nitrogen and oxygen atoms in total.